The van der Waals surface area contributed by atoms with Crippen molar-refractivity contribution in [1.29, 1.82) is 0 Å². The fraction of sp³-hybridized carbons (Fsp3) is 0.400. The van der Waals surface area contributed by atoms with E-state index in [-0.39, 0.29) is 28.7 Å². The molecule has 1 heterocycles. The van der Waals surface area contributed by atoms with Gasteiger partial charge in [-0.05, 0) is 43.4 Å². The highest BCUT2D eigenvalue weighted by Gasteiger charge is 2.32. The van der Waals surface area contributed by atoms with E-state index in [1.165, 1.54) is 17.3 Å². The summed E-state index contributed by atoms with van der Waals surface area (Å²) in [5.41, 5.74) is 2.71. The summed E-state index contributed by atoms with van der Waals surface area (Å²) in [6.07, 6.45) is 3.88. The van der Waals surface area contributed by atoms with Crippen LogP contribution in [0.2, 0.25) is 10.0 Å². The standard InChI is InChI=1S/C20H22Cl2N4O2S/c1-11-7-12(10-20(2,3)9-11)25-26-19-24-18(28)15(29-19)8-16(27)23-14-6-4-5-13(21)17(14)22/h4-7,15H,8-10H2,1-3H3,(H,23,27)(H,24,26,28)/b25-12+. The van der Waals surface area contributed by atoms with Gasteiger partial charge in [0, 0.05) is 6.42 Å². The summed E-state index contributed by atoms with van der Waals surface area (Å²) in [4.78, 5) is 24.5. The zero-order valence-electron chi connectivity index (χ0n) is 16.4. The number of rotatable bonds is 4. The van der Waals surface area contributed by atoms with Crippen molar-refractivity contribution in [2.45, 2.75) is 45.3 Å². The Bertz CT molecular complexity index is 940. The summed E-state index contributed by atoms with van der Waals surface area (Å²) < 4.78 is 0. The molecule has 0 spiro atoms. The van der Waals surface area contributed by atoms with Crippen LogP contribution in [0.25, 0.3) is 0 Å². The second-order valence-electron chi connectivity index (χ2n) is 7.95. The van der Waals surface area contributed by atoms with E-state index in [2.05, 4.69) is 41.6 Å². The molecule has 0 bridgehead atoms. The third-order valence-corrected chi connectivity index (χ3v) is 6.36. The van der Waals surface area contributed by atoms with Crippen LogP contribution < -0.4 is 10.6 Å². The Labute approximate surface area is 184 Å². The molecule has 2 aliphatic rings. The summed E-state index contributed by atoms with van der Waals surface area (Å²) in [7, 11) is 0. The number of thioether (sulfide) groups is 1. The molecule has 154 valence electrons. The Hall–Kier alpha value is -1.83. The van der Waals surface area contributed by atoms with Gasteiger partial charge in [0.15, 0.2) is 5.17 Å². The summed E-state index contributed by atoms with van der Waals surface area (Å²) in [6, 6.07) is 4.97. The lowest BCUT2D eigenvalue weighted by Gasteiger charge is -2.28. The van der Waals surface area contributed by atoms with Gasteiger partial charge in [0.05, 0.1) is 21.4 Å². The number of allylic oxidation sites excluding steroid dienone is 2. The van der Waals surface area contributed by atoms with Gasteiger partial charge in [0.2, 0.25) is 11.8 Å². The third-order valence-electron chi connectivity index (χ3n) is 4.47. The molecule has 2 amide bonds. The lowest BCUT2D eigenvalue weighted by Crippen LogP contribution is -2.28. The summed E-state index contributed by atoms with van der Waals surface area (Å²) in [5.74, 6) is -0.598. The van der Waals surface area contributed by atoms with Crippen LogP contribution in [-0.2, 0) is 9.59 Å². The van der Waals surface area contributed by atoms with E-state index in [0.717, 1.165) is 18.6 Å². The molecule has 1 aromatic carbocycles. The van der Waals surface area contributed by atoms with E-state index in [1.54, 1.807) is 18.2 Å². The monoisotopic (exact) mass is 452 g/mol. The van der Waals surface area contributed by atoms with E-state index in [1.807, 2.05) is 6.08 Å². The van der Waals surface area contributed by atoms with Gasteiger partial charge in [-0.3, -0.25) is 9.59 Å². The molecule has 1 aliphatic carbocycles. The van der Waals surface area contributed by atoms with Crippen LogP contribution in [-0.4, -0.2) is 27.9 Å². The Morgan fingerprint density at radius 3 is 2.79 bits per heavy atom. The number of benzene rings is 1. The average molecular weight is 453 g/mol. The number of halogens is 2. The maximum Gasteiger partial charge on any atom is 0.240 e. The van der Waals surface area contributed by atoms with Crippen molar-refractivity contribution in [3.8, 4) is 0 Å². The first-order valence-electron chi connectivity index (χ1n) is 9.16. The lowest BCUT2D eigenvalue weighted by atomic mass is 9.77. The molecule has 0 saturated carbocycles. The lowest BCUT2D eigenvalue weighted by molar-refractivity contribution is -0.122. The van der Waals surface area contributed by atoms with Crippen molar-refractivity contribution < 1.29 is 9.59 Å². The van der Waals surface area contributed by atoms with E-state index in [9.17, 15) is 9.59 Å². The van der Waals surface area contributed by atoms with Gasteiger partial charge in [0.25, 0.3) is 0 Å². The van der Waals surface area contributed by atoms with Crippen molar-refractivity contribution in [2.24, 2.45) is 15.6 Å². The number of anilines is 1. The Morgan fingerprint density at radius 1 is 1.31 bits per heavy atom. The minimum Gasteiger partial charge on any atom is -0.325 e. The predicted octanol–water partition coefficient (Wildman–Crippen LogP) is 5.03. The smallest absolute Gasteiger partial charge is 0.240 e. The topological polar surface area (TPSA) is 82.9 Å². The van der Waals surface area contributed by atoms with Crippen LogP contribution in [0.1, 0.15) is 40.0 Å². The molecule has 1 unspecified atom stereocenters. The number of carbonyl (C=O) groups is 2. The maximum atomic E-state index is 12.3. The Morgan fingerprint density at radius 2 is 2.07 bits per heavy atom. The van der Waals surface area contributed by atoms with Crippen LogP contribution in [0, 0.1) is 5.41 Å². The molecule has 29 heavy (non-hydrogen) atoms. The summed E-state index contributed by atoms with van der Waals surface area (Å²) in [6.45, 7) is 6.47. The van der Waals surface area contributed by atoms with Crippen LogP contribution >= 0.6 is 35.0 Å². The van der Waals surface area contributed by atoms with Gasteiger partial charge in [-0.1, -0.05) is 60.5 Å². The molecule has 6 nitrogen and oxygen atoms in total. The third kappa shape index (κ3) is 5.84. The van der Waals surface area contributed by atoms with Gasteiger partial charge in [-0.25, -0.2) is 0 Å². The number of nitrogens with one attached hydrogen (secondary N) is 2. The highest BCUT2D eigenvalue weighted by Crippen LogP contribution is 2.34. The summed E-state index contributed by atoms with van der Waals surface area (Å²) in [5, 5.41) is 14.3. The second-order valence-corrected chi connectivity index (χ2v) is 9.93. The van der Waals surface area contributed by atoms with E-state index >= 15 is 0 Å². The molecule has 0 aromatic heterocycles. The van der Waals surface area contributed by atoms with E-state index < -0.39 is 5.25 Å². The van der Waals surface area contributed by atoms with Gasteiger partial charge >= 0.3 is 0 Å². The number of amides is 2. The van der Waals surface area contributed by atoms with Gasteiger partial charge in [-0.2, -0.15) is 5.10 Å². The minimum absolute atomic E-state index is 0.0129. The number of hydrogen-bond acceptors (Lipinski definition) is 5. The summed E-state index contributed by atoms with van der Waals surface area (Å²) >= 11 is 13.2. The number of hydrogen-bond donors (Lipinski definition) is 2. The van der Waals surface area contributed by atoms with Gasteiger partial charge in [0.1, 0.15) is 5.25 Å². The minimum atomic E-state index is -0.577. The van der Waals surface area contributed by atoms with Crippen LogP contribution in [0.3, 0.4) is 0 Å². The highest BCUT2D eigenvalue weighted by molar-refractivity contribution is 8.15. The predicted molar refractivity (Wildman–Crippen MR) is 121 cm³/mol. The normalized spacial score (nSPS) is 23.8. The van der Waals surface area contributed by atoms with E-state index in [0.29, 0.717) is 15.9 Å². The van der Waals surface area contributed by atoms with Crippen molar-refractivity contribution in [3.63, 3.8) is 0 Å². The Kier molecular flexibility index (Phi) is 6.71. The van der Waals surface area contributed by atoms with Crippen molar-refractivity contribution >= 4 is 63.3 Å². The fourth-order valence-electron chi connectivity index (χ4n) is 3.42. The molecule has 2 N–H and O–H groups in total. The molecule has 1 fully saturated rings. The van der Waals surface area contributed by atoms with E-state index in [4.69, 9.17) is 23.2 Å². The number of nitrogens with zero attached hydrogens (tertiary/aromatic N) is 2. The van der Waals surface area contributed by atoms with Crippen LogP contribution in [0.15, 0.2) is 40.1 Å². The quantitative estimate of drug-likeness (QED) is 0.628. The first-order chi connectivity index (χ1) is 13.6. The Balaban J connectivity index is 1.62. The molecular weight excluding hydrogens is 431 g/mol. The van der Waals surface area contributed by atoms with Crippen molar-refractivity contribution in [3.05, 3.63) is 39.9 Å². The second kappa shape index (κ2) is 8.90. The molecule has 0 radical (unpaired) electrons. The fourth-order valence-corrected chi connectivity index (χ4v) is 4.69. The van der Waals surface area contributed by atoms with Gasteiger partial charge < -0.3 is 10.6 Å². The molecule has 1 aromatic rings. The maximum absolute atomic E-state index is 12.3. The largest absolute Gasteiger partial charge is 0.325 e. The molecule has 9 heteroatoms. The van der Waals surface area contributed by atoms with Crippen molar-refractivity contribution in [2.75, 3.05) is 5.32 Å². The molecule has 1 aliphatic heterocycles. The van der Waals surface area contributed by atoms with Gasteiger partial charge in [-0.15, -0.1) is 5.10 Å². The highest BCUT2D eigenvalue weighted by atomic mass is 35.5. The zero-order chi connectivity index (χ0) is 21.2. The average Bonchev–Trinajstić information content (AvgIpc) is 2.95. The first-order valence-corrected chi connectivity index (χ1v) is 10.8. The SMILES string of the molecule is CC1=C/C(=N\N=C2\NC(=O)C(CC(=O)Nc3cccc(Cl)c3Cl)S2)CC(C)(C)C1. The van der Waals surface area contributed by atoms with Crippen molar-refractivity contribution in [1.82, 2.24) is 5.32 Å². The zero-order valence-corrected chi connectivity index (χ0v) is 18.7. The molecule has 1 saturated heterocycles. The number of carbonyl (C=O) groups excluding carboxylic acids is 2. The van der Waals surface area contributed by atoms with Crippen LogP contribution in [0.4, 0.5) is 5.69 Å². The number of amidine groups is 1. The van der Waals surface area contributed by atoms with Crippen LogP contribution in [0.5, 0.6) is 0 Å². The molecular formula is C20H22Cl2N4O2S. The molecule has 3 rings (SSSR count). The molecule has 1 atom stereocenters. The first kappa shape index (κ1) is 21.9.